The molecule has 2 amide bonds. The average Bonchev–Trinajstić information content (AvgIpc) is 3.24. The minimum atomic E-state index is -0.591. The number of aromatic nitrogens is 2. The molecule has 0 radical (unpaired) electrons. The van der Waals surface area contributed by atoms with Crippen LogP contribution < -0.4 is 16.4 Å². The van der Waals surface area contributed by atoms with Gasteiger partial charge in [0, 0.05) is 48.0 Å². The molecule has 0 spiro atoms. The van der Waals surface area contributed by atoms with E-state index >= 15 is 0 Å². The van der Waals surface area contributed by atoms with E-state index in [0.29, 0.717) is 29.3 Å². The number of halogens is 1. The van der Waals surface area contributed by atoms with Crippen molar-refractivity contribution in [3.63, 3.8) is 0 Å². The summed E-state index contributed by atoms with van der Waals surface area (Å²) in [4.78, 5) is 25.3. The third-order valence-electron chi connectivity index (χ3n) is 5.43. The Morgan fingerprint density at radius 1 is 1.08 bits per heavy atom. The number of thioether (sulfide) groups is 1. The standard InChI is InChI=1S/C27H30FN5O2S/c1-4-18(17-36-15-14-29)21(5-2)26(34)30-20-12-10-19(11-13-20)24-16-25(33(3)32-24)31-27(35)22-8-6-7-9-23(22)28/h4-13,16H,14-15,17,29H2,1-3H3,(H,30,34)(H,31,35)/b18-4-,21-5+. The molecule has 9 heteroatoms. The third-order valence-corrected chi connectivity index (χ3v) is 6.47. The highest BCUT2D eigenvalue weighted by molar-refractivity contribution is 7.99. The fourth-order valence-corrected chi connectivity index (χ4v) is 4.37. The van der Waals surface area contributed by atoms with E-state index < -0.39 is 11.7 Å². The van der Waals surface area contributed by atoms with Crippen LogP contribution in [0.25, 0.3) is 11.3 Å². The minimum absolute atomic E-state index is 0.0418. The van der Waals surface area contributed by atoms with Gasteiger partial charge in [0.05, 0.1) is 11.3 Å². The number of aryl methyl sites for hydroxylation is 1. The topological polar surface area (TPSA) is 102 Å². The first-order valence-corrected chi connectivity index (χ1v) is 12.6. The van der Waals surface area contributed by atoms with Gasteiger partial charge in [-0.25, -0.2) is 4.39 Å². The molecule has 2 aromatic carbocycles. The molecule has 1 heterocycles. The minimum Gasteiger partial charge on any atom is -0.330 e. The van der Waals surface area contributed by atoms with Crippen LogP contribution >= 0.6 is 11.8 Å². The summed E-state index contributed by atoms with van der Waals surface area (Å²) in [5.41, 5.74) is 9.20. The lowest BCUT2D eigenvalue weighted by Crippen LogP contribution is -2.17. The highest BCUT2D eigenvalue weighted by Crippen LogP contribution is 2.25. The lowest BCUT2D eigenvalue weighted by atomic mass is 10.1. The van der Waals surface area contributed by atoms with E-state index in [1.807, 2.05) is 38.1 Å². The molecule has 0 bridgehead atoms. The van der Waals surface area contributed by atoms with Gasteiger partial charge in [-0.3, -0.25) is 14.3 Å². The summed E-state index contributed by atoms with van der Waals surface area (Å²) in [5, 5.41) is 10.1. The summed E-state index contributed by atoms with van der Waals surface area (Å²) in [6.07, 6.45) is 3.76. The van der Waals surface area contributed by atoms with E-state index in [1.54, 1.807) is 43.1 Å². The van der Waals surface area contributed by atoms with Gasteiger partial charge in [-0.2, -0.15) is 16.9 Å². The molecule has 0 fully saturated rings. The molecule has 3 aromatic rings. The number of allylic oxidation sites excluding steroid dienone is 2. The Kier molecular flexibility index (Phi) is 9.61. The monoisotopic (exact) mass is 507 g/mol. The maximum Gasteiger partial charge on any atom is 0.259 e. The molecule has 188 valence electrons. The molecular formula is C27H30FN5O2S. The van der Waals surface area contributed by atoms with Crippen LogP contribution in [-0.2, 0) is 11.8 Å². The summed E-state index contributed by atoms with van der Waals surface area (Å²) in [6, 6.07) is 14.8. The molecule has 3 rings (SSSR count). The van der Waals surface area contributed by atoms with Gasteiger partial charge in [-0.15, -0.1) is 0 Å². The number of nitrogens with two attached hydrogens (primary N) is 1. The van der Waals surface area contributed by atoms with Gasteiger partial charge in [0.25, 0.3) is 11.8 Å². The molecule has 4 N–H and O–H groups in total. The van der Waals surface area contributed by atoms with Gasteiger partial charge < -0.3 is 16.4 Å². The molecule has 0 aliphatic rings. The van der Waals surface area contributed by atoms with Crippen LogP contribution in [0, 0.1) is 5.82 Å². The Hall–Kier alpha value is -3.69. The number of amides is 2. The number of anilines is 2. The van der Waals surface area contributed by atoms with Crippen molar-refractivity contribution in [3.05, 3.63) is 89.3 Å². The van der Waals surface area contributed by atoms with Crippen molar-refractivity contribution in [1.82, 2.24) is 9.78 Å². The number of benzene rings is 2. The zero-order valence-electron chi connectivity index (χ0n) is 20.5. The van der Waals surface area contributed by atoms with E-state index in [1.165, 1.54) is 22.9 Å². The summed E-state index contributed by atoms with van der Waals surface area (Å²) >= 11 is 1.69. The number of carbonyl (C=O) groups is 2. The molecular weight excluding hydrogens is 477 g/mol. The number of rotatable bonds is 10. The van der Waals surface area contributed by atoms with Gasteiger partial charge in [0.1, 0.15) is 11.6 Å². The van der Waals surface area contributed by atoms with Crippen molar-refractivity contribution in [2.45, 2.75) is 13.8 Å². The lowest BCUT2D eigenvalue weighted by Gasteiger charge is -2.12. The van der Waals surface area contributed by atoms with Crippen molar-refractivity contribution in [1.29, 1.82) is 0 Å². The first-order valence-electron chi connectivity index (χ1n) is 11.5. The highest BCUT2D eigenvalue weighted by atomic mass is 32.2. The molecule has 1 aromatic heterocycles. The Morgan fingerprint density at radius 2 is 1.81 bits per heavy atom. The zero-order chi connectivity index (χ0) is 26.1. The number of carbonyl (C=O) groups excluding carboxylic acids is 2. The summed E-state index contributed by atoms with van der Waals surface area (Å²) < 4.78 is 15.4. The molecule has 0 unspecified atom stereocenters. The van der Waals surface area contributed by atoms with Crippen molar-refractivity contribution >= 4 is 35.1 Å². The second-order valence-corrected chi connectivity index (χ2v) is 8.97. The van der Waals surface area contributed by atoms with Crippen molar-refractivity contribution in [2.24, 2.45) is 12.8 Å². The number of nitrogens with zero attached hydrogens (tertiary/aromatic N) is 2. The molecule has 0 aliphatic carbocycles. The van der Waals surface area contributed by atoms with Crippen LogP contribution in [0.5, 0.6) is 0 Å². The van der Waals surface area contributed by atoms with Gasteiger partial charge in [-0.05, 0) is 43.7 Å². The molecule has 36 heavy (non-hydrogen) atoms. The van der Waals surface area contributed by atoms with Gasteiger partial charge >= 0.3 is 0 Å². The third kappa shape index (κ3) is 6.71. The Labute approximate surface area is 214 Å². The van der Waals surface area contributed by atoms with Gasteiger partial charge in [0.15, 0.2) is 0 Å². The number of nitrogens with one attached hydrogen (secondary N) is 2. The van der Waals surface area contributed by atoms with Crippen LogP contribution in [0.2, 0.25) is 0 Å². The average molecular weight is 508 g/mol. The fraction of sp³-hybridized carbons (Fsp3) is 0.222. The van der Waals surface area contributed by atoms with Crippen LogP contribution in [0.1, 0.15) is 24.2 Å². The second kappa shape index (κ2) is 12.9. The first-order chi connectivity index (χ1) is 17.4. The van der Waals surface area contributed by atoms with E-state index in [0.717, 1.165) is 22.6 Å². The second-order valence-electron chi connectivity index (χ2n) is 7.86. The first kappa shape index (κ1) is 26.9. The number of hydrogen-bond acceptors (Lipinski definition) is 5. The van der Waals surface area contributed by atoms with Crippen molar-refractivity contribution in [2.75, 3.05) is 28.7 Å². The summed E-state index contributed by atoms with van der Waals surface area (Å²) in [6.45, 7) is 4.36. The predicted molar refractivity (Wildman–Crippen MR) is 146 cm³/mol. The van der Waals surface area contributed by atoms with Crippen LogP contribution in [0.3, 0.4) is 0 Å². The smallest absolute Gasteiger partial charge is 0.259 e. The highest BCUT2D eigenvalue weighted by Gasteiger charge is 2.16. The molecule has 0 atom stereocenters. The quantitative estimate of drug-likeness (QED) is 0.204. The molecule has 0 saturated carbocycles. The van der Waals surface area contributed by atoms with E-state index in [2.05, 4.69) is 15.7 Å². The maximum atomic E-state index is 13.9. The Morgan fingerprint density at radius 3 is 2.44 bits per heavy atom. The lowest BCUT2D eigenvalue weighted by molar-refractivity contribution is -0.112. The maximum absolute atomic E-state index is 13.9. The van der Waals surface area contributed by atoms with Gasteiger partial charge in [-0.1, -0.05) is 36.4 Å². The van der Waals surface area contributed by atoms with E-state index in [9.17, 15) is 14.0 Å². The Bertz CT molecular complexity index is 1280. The summed E-state index contributed by atoms with van der Waals surface area (Å²) in [5.74, 6) is 0.658. The SMILES string of the molecule is C/C=C(CSCCN)\C(=C/C)C(=O)Nc1ccc(-c2cc(NC(=O)c3ccccc3F)n(C)n2)cc1. The van der Waals surface area contributed by atoms with Crippen LogP contribution in [0.4, 0.5) is 15.9 Å². The predicted octanol–water partition coefficient (Wildman–Crippen LogP) is 5.00. The Balaban J connectivity index is 1.69. The van der Waals surface area contributed by atoms with Crippen LogP contribution in [-0.4, -0.2) is 39.6 Å². The van der Waals surface area contributed by atoms with E-state index in [4.69, 9.17) is 5.73 Å². The molecule has 0 saturated heterocycles. The van der Waals surface area contributed by atoms with Gasteiger partial charge in [0.2, 0.25) is 0 Å². The summed E-state index contributed by atoms with van der Waals surface area (Å²) in [7, 11) is 1.69. The fourth-order valence-electron chi connectivity index (χ4n) is 3.52. The molecule has 7 nitrogen and oxygen atoms in total. The van der Waals surface area contributed by atoms with Crippen LogP contribution in [0.15, 0.2) is 77.9 Å². The van der Waals surface area contributed by atoms with E-state index in [-0.39, 0.29) is 11.5 Å². The largest absolute Gasteiger partial charge is 0.330 e. The van der Waals surface area contributed by atoms with Crippen molar-refractivity contribution < 1.29 is 14.0 Å². The molecule has 0 aliphatic heterocycles. The van der Waals surface area contributed by atoms with Crippen molar-refractivity contribution in [3.8, 4) is 11.3 Å². The normalized spacial score (nSPS) is 11.9. The number of hydrogen-bond donors (Lipinski definition) is 3. The zero-order valence-corrected chi connectivity index (χ0v) is 21.4.